The zero-order valence-electron chi connectivity index (χ0n) is 10.8. The number of benzene rings is 1. The maximum Gasteiger partial charge on any atom is 0.309 e. The second kappa shape index (κ2) is 4.23. The topological polar surface area (TPSA) is 91.7 Å². The molecule has 2 rings (SSSR count). The zero-order valence-corrected chi connectivity index (χ0v) is 11.6. The fraction of sp³-hybridized carbons (Fsp3) is 0.462. The van der Waals surface area contributed by atoms with Crippen molar-refractivity contribution in [2.24, 2.45) is 5.41 Å². The first-order valence-electron chi connectivity index (χ1n) is 5.93. The minimum atomic E-state index is -3.43. The molecule has 1 atom stereocenters. The van der Waals surface area contributed by atoms with Crippen LogP contribution in [-0.4, -0.2) is 30.4 Å². The Morgan fingerprint density at radius 2 is 2.05 bits per heavy atom. The molecule has 0 spiro atoms. The molecule has 0 fully saturated rings. The molecule has 0 amide bonds. The fourth-order valence-electron chi connectivity index (χ4n) is 2.52. The molecule has 1 aliphatic rings. The normalized spacial score (nSPS) is 21.1. The van der Waals surface area contributed by atoms with Crippen molar-refractivity contribution >= 4 is 15.8 Å². The van der Waals surface area contributed by atoms with Gasteiger partial charge in [-0.25, -0.2) is 8.42 Å². The van der Waals surface area contributed by atoms with Crippen LogP contribution < -0.4 is 0 Å². The summed E-state index contributed by atoms with van der Waals surface area (Å²) in [5, 5.41) is 19.0. The fourth-order valence-corrected chi connectivity index (χ4v) is 4.40. The monoisotopic (exact) mass is 284 g/mol. The third-order valence-corrected chi connectivity index (χ3v) is 5.41. The summed E-state index contributed by atoms with van der Waals surface area (Å²) in [4.78, 5) is 11.3. The van der Waals surface area contributed by atoms with Gasteiger partial charge in [-0.2, -0.15) is 0 Å². The van der Waals surface area contributed by atoms with E-state index in [2.05, 4.69) is 0 Å². The molecule has 2 N–H and O–H groups in total. The van der Waals surface area contributed by atoms with Gasteiger partial charge in [0.2, 0.25) is 0 Å². The number of aromatic hydroxyl groups is 1. The van der Waals surface area contributed by atoms with Gasteiger partial charge in [-0.05, 0) is 32.4 Å². The highest BCUT2D eigenvalue weighted by Crippen LogP contribution is 2.45. The van der Waals surface area contributed by atoms with Crippen molar-refractivity contribution in [3.8, 4) is 5.75 Å². The Hall–Kier alpha value is -1.56. The maximum absolute atomic E-state index is 12.0. The van der Waals surface area contributed by atoms with E-state index in [9.17, 15) is 18.3 Å². The number of hydrogen-bond acceptors (Lipinski definition) is 4. The van der Waals surface area contributed by atoms with Crippen LogP contribution in [-0.2, 0) is 14.6 Å². The molecule has 0 aliphatic carbocycles. The molecule has 1 aromatic carbocycles. The van der Waals surface area contributed by atoms with Crippen LogP contribution in [0.4, 0.5) is 0 Å². The first kappa shape index (κ1) is 13.9. The van der Waals surface area contributed by atoms with E-state index in [4.69, 9.17) is 5.11 Å². The molecule has 1 unspecified atom stereocenters. The summed E-state index contributed by atoms with van der Waals surface area (Å²) >= 11 is 0. The van der Waals surface area contributed by atoms with E-state index in [1.165, 1.54) is 18.2 Å². The highest BCUT2D eigenvalue weighted by Gasteiger charge is 2.41. The van der Waals surface area contributed by atoms with Crippen molar-refractivity contribution in [1.82, 2.24) is 0 Å². The molecule has 19 heavy (non-hydrogen) atoms. The summed E-state index contributed by atoms with van der Waals surface area (Å²) in [5.41, 5.74) is -0.679. The highest BCUT2D eigenvalue weighted by molar-refractivity contribution is 7.91. The summed E-state index contributed by atoms with van der Waals surface area (Å²) in [6.45, 7) is 3.11. The van der Waals surface area contributed by atoms with E-state index in [0.29, 0.717) is 5.56 Å². The molecule has 1 aromatic rings. The van der Waals surface area contributed by atoms with Crippen LogP contribution in [0, 0.1) is 5.41 Å². The van der Waals surface area contributed by atoms with Crippen LogP contribution in [0.15, 0.2) is 23.1 Å². The van der Waals surface area contributed by atoms with Gasteiger partial charge in [0.05, 0.1) is 16.1 Å². The molecule has 1 heterocycles. The average Bonchev–Trinajstić information content (AvgIpc) is 2.51. The third kappa shape index (κ3) is 2.32. The predicted molar refractivity (Wildman–Crippen MR) is 68.9 cm³/mol. The molecule has 0 aromatic heterocycles. The van der Waals surface area contributed by atoms with Crippen LogP contribution >= 0.6 is 0 Å². The molecule has 0 bridgehead atoms. The lowest BCUT2D eigenvalue weighted by Crippen LogP contribution is -2.26. The van der Waals surface area contributed by atoms with Gasteiger partial charge in [0.25, 0.3) is 0 Å². The summed E-state index contributed by atoms with van der Waals surface area (Å²) in [7, 11) is -3.43. The van der Waals surface area contributed by atoms with Crippen molar-refractivity contribution in [1.29, 1.82) is 0 Å². The van der Waals surface area contributed by atoms with Gasteiger partial charge < -0.3 is 10.2 Å². The van der Waals surface area contributed by atoms with Crippen molar-refractivity contribution in [2.75, 3.05) is 5.75 Å². The van der Waals surface area contributed by atoms with Crippen molar-refractivity contribution < 1.29 is 23.4 Å². The van der Waals surface area contributed by atoms with Crippen molar-refractivity contribution in [3.05, 3.63) is 23.8 Å². The van der Waals surface area contributed by atoms with Crippen LogP contribution in [0.1, 0.15) is 31.7 Å². The van der Waals surface area contributed by atoms with E-state index in [1.807, 2.05) is 0 Å². The van der Waals surface area contributed by atoms with Crippen LogP contribution in [0.5, 0.6) is 5.75 Å². The lowest BCUT2D eigenvalue weighted by molar-refractivity contribution is -0.147. The molecular weight excluding hydrogens is 268 g/mol. The maximum atomic E-state index is 12.0. The summed E-state index contributed by atoms with van der Waals surface area (Å²) in [5.74, 6) is -1.68. The van der Waals surface area contributed by atoms with Crippen molar-refractivity contribution in [2.45, 2.75) is 31.1 Å². The molecule has 0 saturated carbocycles. The van der Waals surface area contributed by atoms with E-state index in [0.717, 1.165) is 0 Å². The van der Waals surface area contributed by atoms with Gasteiger partial charge >= 0.3 is 5.97 Å². The number of carbonyl (C=O) groups is 1. The van der Waals surface area contributed by atoms with Gasteiger partial charge in [-0.3, -0.25) is 4.79 Å². The minimum absolute atomic E-state index is 0.0789. The number of phenolic OH excluding ortho intramolecular Hbond substituents is 1. The van der Waals surface area contributed by atoms with E-state index < -0.39 is 27.1 Å². The Kier molecular flexibility index (Phi) is 3.09. The second-order valence-corrected chi connectivity index (χ2v) is 7.56. The molecule has 0 radical (unpaired) electrons. The quantitative estimate of drug-likeness (QED) is 0.882. The minimum Gasteiger partial charge on any atom is -0.508 e. The van der Waals surface area contributed by atoms with Gasteiger partial charge in [0.15, 0.2) is 9.84 Å². The Labute approximate surface area is 111 Å². The number of phenols is 1. The van der Waals surface area contributed by atoms with Gasteiger partial charge in [-0.1, -0.05) is 6.07 Å². The van der Waals surface area contributed by atoms with Gasteiger partial charge in [0.1, 0.15) is 5.75 Å². The Morgan fingerprint density at radius 3 is 2.63 bits per heavy atom. The molecular formula is C13H16O5S. The first-order valence-corrected chi connectivity index (χ1v) is 7.58. The molecule has 5 nitrogen and oxygen atoms in total. The number of rotatable bonds is 3. The van der Waals surface area contributed by atoms with Crippen LogP contribution in [0.3, 0.4) is 0 Å². The Morgan fingerprint density at radius 1 is 1.42 bits per heavy atom. The molecule has 104 valence electrons. The highest BCUT2D eigenvalue weighted by atomic mass is 32.2. The van der Waals surface area contributed by atoms with E-state index in [-0.39, 0.29) is 22.8 Å². The largest absolute Gasteiger partial charge is 0.508 e. The molecule has 6 heteroatoms. The standard InChI is InChI=1S/C13H16O5S/c1-13(2,12(15)16)6-8-7-19(17,18)10-5-3-4-9(14)11(8)10/h3-5,8,14H,6-7H2,1-2H3,(H,15,16). The number of fused-ring (bicyclic) bond motifs is 1. The van der Waals surface area contributed by atoms with Gasteiger partial charge in [-0.15, -0.1) is 0 Å². The first-order chi connectivity index (χ1) is 8.65. The predicted octanol–water partition coefficient (Wildman–Crippen LogP) is 1.76. The Bertz CT molecular complexity index is 630. The van der Waals surface area contributed by atoms with Gasteiger partial charge in [0, 0.05) is 11.5 Å². The molecule has 0 saturated heterocycles. The summed E-state index contributed by atoms with van der Waals surface area (Å²) in [6, 6.07) is 4.37. The lowest BCUT2D eigenvalue weighted by atomic mass is 9.80. The number of carboxylic acid groups (broad SMARTS) is 1. The zero-order chi connectivity index (χ0) is 14.4. The summed E-state index contributed by atoms with van der Waals surface area (Å²) < 4.78 is 24.0. The average molecular weight is 284 g/mol. The third-order valence-electron chi connectivity index (χ3n) is 3.54. The van der Waals surface area contributed by atoms with Crippen molar-refractivity contribution in [3.63, 3.8) is 0 Å². The molecule has 1 aliphatic heterocycles. The Balaban J connectivity index is 2.46. The summed E-state index contributed by atoms with van der Waals surface area (Å²) in [6.07, 6.45) is 0.173. The van der Waals surface area contributed by atoms with Crippen LogP contribution in [0.25, 0.3) is 0 Å². The number of sulfone groups is 1. The van der Waals surface area contributed by atoms with E-state index in [1.54, 1.807) is 13.8 Å². The smallest absolute Gasteiger partial charge is 0.309 e. The van der Waals surface area contributed by atoms with E-state index >= 15 is 0 Å². The SMILES string of the molecule is CC(C)(CC1CS(=O)(=O)c2cccc(O)c21)C(=O)O. The number of hydrogen-bond donors (Lipinski definition) is 2. The van der Waals surface area contributed by atoms with Crippen LogP contribution in [0.2, 0.25) is 0 Å². The number of aliphatic carboxylic acids is 1. The lowest BCUT2D eigenvalue weighted by Gasteiger charge is -2.23. The number of carboxylic acids is 1. The second-order valence-electron chi connectivity index (χ2n) is 5.56.